The minimum Gasteiger partial charge on any atom is -0.384 e. The number of hydrogen-bond donors (Lipinski definition) is 3. The summed E-state index contributed by atoms with van der Waals surface area (Å²) in [5, 5.41) is 9.32. The van der Waals surface area contributed by atoms with Gasteiger partial charge in [-0.25, -0.2) is 0 Å². The lowest BCUT2D eigenvalue weighted by Crippen LogP contribution is -2.47. The molecule has 2 amide bonds. The van der Waals surface area contributed by atoms with Crippen molar-refractivity contribution in [3.8, 4) is 0 Å². The number of hydrogen-bond acceptors (Lipinski definition) is 4. The standard InChI is InChI=1S/C20H29N3O3.ClH/c1-14-11-17(14)19(25)23-16-5-3-15(4-6-16)18(24)22-12-20(13-26-2)7-9-21-10-8-20;/h3-6,14,17,21H,7-13H2,1-2H3,(H,22,24)(H,23,25);1H. The molecule has 150 valence electrons. The van der Waals surface area contributed by atoms with E-state index in [0.29, 0.717) is 24.6 Å². The second-order valence-corrected chi connectivity index (χ2v) is 7.75. The van der Waals surface area contributed by atoms with E-state index in [1.807, 2.05) is 0 Å². The van der Waals surface area contributed by atoms with Crippen LogP contribution in [0.15, 0.2) is 24.3 Å². The van der Waals surface area contributed by atoms with Crippen molar-refractivity contribution >= 4 is 29.9 Å². The molecule has 2 atom stereocenters. The molecule has 1 aromatic rings. The summed E-state index contributed by atoms with van der Waals surface area (Å²) in [4.78, 5) is 24.4. The van der Waals surface area contributed by atoms with Crippen LogP contribution in [-0.2, 0) is 9.53 Å². The predicted octanol–water partition coefficient (Wildman–Crippen LogP) is 2.45. The quantitative estimate of drug-likeness (QED) is 0.662. The van der Waals surface area contributed by atoms with Crippen LogP contribution in [-0.4, -0.2) is 45.2 Å². The number of methoxy groups -OCH3 is 1. The van der Waals surface area contributed by atoms with Gasteiger partial charge in [0.25, 0.3) is 5.91 Å². The van der Waals surface area contributed by atoms with E-state index in [2.05, 4.69) is 22.9 Å². The van der Waals surface area contributed by atoms with Gasteiger partial charge in [-0.1, -0.05) is 6.92 Å². The number of anilines is 1. The van der Waals surface area contributed by atoms with Gasteiger partial charge in [-0.15, -0.1) is 12.4 Å². The molecule has 2 unspecified atom stereocenters. The van der Waals surface area contributed by atoms with Crippen LogP contribution in [0.4, 0.5) is 5.69 Å². The summed E-state index contributed by atoms with van der Waals surface area (Å²) in [6.07, 6.45) is 2.95. The van der Waals surface area contributed by atoms with Crippen molar-refractivity contribution in [2.75, 3.05) is 38.7 Å². The van der Waals surface area contributed by atoms with Crippen LogP contribution in [0.5, 0.6) is 0 Å². The highest BCUT2D eigenvalue weighted by atomic mass is 35.5. The molecule has 2 aliphatic rings. The number of amides is 2. The van der Waals surface area contributed by atoms with E-state index in [1.54, 1.807) is 31.4 Å². The van der Waals surface area contributed by atoms with Gasteiger partial charge >= 0.3 is 0 Å². The lowest BCUT2D eigenvalue weighted by atomic mass is 9.79. The van der Waals surface area contributed by atoms with Gasteiger partial charge < -0.3 is 20.7 Å². The second kappa shape index (κ2) is 9.53. The number of benzene rings is 1. The Morgan fingerprint density at radius 1 is 1.22 bits per heavy atom. The third-order valence-electron chi connectivity index (χ3n) is 5.60. The number of piperidine rings is 1. The van der Waals surface area contributed by atoms with Crippen molar-refractivity contribution in [1.29, 1.82) is 0 Å². The lowest BCUT2D eigenvalue weighted by molar-refractivity contribution is -0.117. The maximum Gasteiger partial charge on any atom is 0.251 e. The zero-order valence-corrected chi connectivity index (χ0v) is 16.9. The van der Waals surface area contributed by atoms with E-state index in [-0.39, 0.29) is 35.6 Å². The molecule has 27 heavy (non-hydrogen) atoms. The molecule has 1 saturated carbocycles. The molecule has 1 aliphatic carbocycles. The number of ether oxygens (including phenoxy) is 1. The zero-order valence-electron chi connectivity index (χ0n) is 16.0. The van der Waals surface area contributed by atoms with Crippen LogP contribution in [0.2, 0.25) is 0 Å². The molecule has 1 aromatic carbocycles. The molecule has 0 bridgehead atoms. The monoisotopic (exact) mass is 395 g/mol. The van der Waals surface area contributed by atoms with Gasteiger partial charge in [0.05, 0.1) is 6.61 Å². The first kappa shape index (κ1) is 21.7. The van der Waals surface area contributed by atoms with Crippen LogP contribution in [0.1, 0.15) is 36.5 Å². The number of nitrogens with one attached hydrogen (secondary N) is 3. The van der Waals surface area contributed by atoms with Crippen molar-refractivity contribution in [2.24, 2.45) is 17.3 Å². The Kier molecular flexibility index (Phi) is 7.65. The molecule has 0 radical (unpaired) electrons. The van der Waals surface area contributed by atoms with Gasteiger partial charge in [0.15, 0.2) is 0 Å². The molecule has 1 saturated heterocycles. The highest BCUT2D eigenvalue weighted by Crippen LogP contribution is 2.38. The molecule has 3 N–H and O–H groups in total. The smallest absolute Gasteiger partial charge is 0.251 e. The third kappa shape index (κ3) is 5.67. The van der Waals surface area contributed by atoms with E-state index in [1.165, 1.54) is 0 Å². The van der Waals surface area contributed by atoms with Gasteiger partial charge in [0, 0.05) is 36.2 Å². The maximum absolute atomic E-state index is 12.5. The predicted molar refractivity (Wildman–Crippen MR) is 108 cm³/mol. The first-order valence-corrected chi connectivity index (χ1v) is 9.42. The normalized spacial score (nSPS) is 23.0. The van der Waals surface area contributed by atoms with E-state index in [4.69, 9.17) is 4.74 Å². The Labute approximate surface area is 167 Å². The number of carbonyl (C=O) groups excluding carboxylic acids is 2. The SMILES string of the molecule is COCC1(CNC(=O)c2ccc(NC(=O)C3CC3C)cc2)CCNCC1.Cl. The third-order valence-corrected chi connectivity index (χ3v) is 5.60. The fourth-order valence-corrected chi connectivity index (χ4v) is 3.63. The lowest BCUT2D eigenvalue weighted by Gasteiger charge is -2.37. The van der Waals surface area contributed by atoms with Crippen LogP contribution < -0.4 is 16.0 Å². The van der Waals surface area contributed by atoms with Gasteiger partial charge in [-0.2, -0.15) is 0 Å². The molecule has 1 aliphatic heterocycles. The Morgan fingerprint density at radius 3 is 2.41 bits per heavy atom. The fourth-order valence-electron chi connectivity index (χ4n) is 3.63. The van der Waals surface area contributed by atoms with E-state index < -0.39 is 0 Å². The van der Waals surface area contributed by atoms with Crippen molar-refractivity contribution in [1.82, 2.24) is 10.6 Å². The largest absolute Gasteiger partial charge is 0.384 e. The van der Waals surface area contributed by atoms with Crippen molar-refractivity contribution in [2.45, 2.75) is 26.2 Å². The van der Waals surface area contributed by atoms with Gasteiger partial charge in [0.1, 0.15) is 0 Å². The summed E-state index contributed by atoms with van der Waals surface area (Å²) in [6.45, 7) is 5.25. The van der Waals surface area contributed by atoms with Gasteiger partial charge in [-0.3, -0.25) is 9.59 Å². The molecular formula is C20H30ClN3O3. The Morgan fingerprint density at radius 2 is 1.85 bits per heavy atom. The summed E-state index contributed by atoms with van der Waals surface area (Å²) < 4.78 is 5.39. The molecule has 0 aromatic heterocycles. The highest BCUT2D eigenvalue weighted by Gasteiger charge is 2.39. The second-order valence-electron chi connectivity index (χ2n) is 7.75. The average molecular weight is 396 g/mol. The maximum atomic E-state index is 12.5. The van der Waals surface area contributed by atoms with E-state index >= 15 is 0 Å². The summed E-state index contributed by atoms with van der Waals surface area (Å²) in [5.41, 5.74) is 1.34. The topological polar surface area (TPSA) is 79.5 Å². The molecule has 1 heterocycles. The molecule has 7 heteroatoms. The zero-order chi connectivity index (χ0) is 18.6. The summed E-state index contributed by atoms with van der Waals surface area (Å²) in [5.74, 6) is 0.601. The molecule has 6 nitrogen and oxygen atoms in total. The minimum atomic E-state index is -0.0901. The van der Waals surface area contributed by atoms with Gasteiger partial charge in [-0.05, 0) is 62.5 Å². The first-order chi connectivity index (χ1) is 12.5. The fraction of sp³-hybridized carbons (Fsp3) is 0.600. The summed E-state index contributed by atoms with van der Waals surface area (Å²) >= 11 is 0. The van der Waals surface area contributed by atoms with Gasteiger partial charge in [0.2, 0.25) is 5.91 Å². The Bertz CT molecular complexity index is 639. The van der Waals surface area contributed by atoms with Crippen LogP contribution in [0, 0.1) is 17.3 Å². The molecule has 0 spiro atoms. The molecule has 3 rings (SSSR count). The van der Waals surface area contributed by atoms with Crippen molar-refractivity contribution in [3.63, 3.8) is 0 Å². The van der Waals surface area contributed by atoms with Crippen molar-refractivity contribution < 1.29 is 14.3 Å². The van der Waals surface area contributed by atoms with Crippen molar-refractivity contribution in [3.05, 3.63) is 29.8 Å². The Hall–Kier alpha value is -1.63. The van der Waals surface area contributed by atoms with Crippen LogP contribution in [0.25, 0.3) is 0 Å². The van der Waals surface area contributed by atoms with Crippen LogP contribution in [0.3, 0.4) is 0 Å². The number of halogens is 1. The summed E-state index contributed by atoms with van der Waals surface area (Å²) in [6, 6.07) is 7.09. The average Bonchev–Trinajstić information content (AvgIpc) is 3.38. The first-order valence-electron chi connectivity index (χ1n) is 9.42. The van der Waals surface area contributed by atoms with Crippen LogP contribution >= 0.6 is 12.4 Å². The highest BCUT2D eigenvalue weighted by molar-refractivity contribution is 5.97. The van der Waals surface area contributed by atoms with E-state index in [9.17, 15) is 9.59 Å². The minimum absolute atomic E-state index is 0. The Balaban J connectivity index is 0.00000261. The molecular weight excluding hydrogens is 366 g/mol. The molecule has 2 fully saturated rings. The number of rotatable bonds is 7. The number of carbonyl (C=O) groups is 2. The van der Waals surface area contributed by atoms with E-state index in [0.717, 1.165) is 38.0 Å². The summed E-state index contributed by atoms with van der Waals surface area (Å²) in [7, 11) is 1.71.